The molecule has 390 valence electrons. The van der Waals surface area contributed by atoms with Crippen LogP contribution in [-0.4, -0.2) is 82.8 Å². The van der Waals surface area contributed by atoms with Gasteiger partial charge in [0.2, 0.25) is 5.85 Å². The van der Waals surface area contributed by atoms with Gasteiger partial charge in [0.25, 0.3) is 0 Å². The molecule has 13 nitrogen and oxygen atoms in total. The second-order valence-electron chi connectivity index (χ2n) is 19.6. The fourth-order valence-electron chi connectivity index (χ4n) is 7.79. The van der Waals surface area contributed by atoms with Crippen molar-refractivity contribution in [3.05, 3.63) is 0 Å². The van der Waals surface area contributed by atoms with Crippen molar-refractivity contribution < 1.29 is 73.9 Å². The van der Waals surface area contributed by atoms with Crippen molar-refractivity contribution in [3.8, 4) is 0 Å². The Morgan fingerprint density at radius 1 is 0.585 bits per heavy atom. The molecule has 15 heteroatoms. The van der Waals surface area contributed by atoms with E-state index in [4.69, 9.17) is 30.4 Å². The van der Waals surface area contributed by atoms with Crippen LogP contribution in [-0.2, 0) is 59.0 Å². The Morgan fingerprint density at radius 2 is 0.954 bits per heavy atom. The van der Waals surface area contributed by atoms with Gasteiger partial charge in [-0.2, -0.15) is 0 Å². The quantitative estimate of drug-likeness (QED) is 0.0168. The Kier molecular flexibility index (Phi) is 43.9. The largest absolute Gasteiger partial charge is 0.462 e. The minimum absolute atomic E-state index is 0. The molecule has 65 heavy (non-hydrogen) atoms. The minimum Gasteiger partial charge on any atom is -0.462 e. The molecule has 0 aromatic carbocycles. The number of ether oxygens (including phenoxy) is 4. The summed E-state index contributed by atoms with van der Waals surface area (Å²) in [5, 5.41) is 10.1. The van der Waals surface area contributed by atoms with Crippen LogP contribution in [0.25, 0.3) is 0 Å². The van der Waals surface area contributed by atoms with Gasteiger partial charge in [0.15, 0.2) is 6.10 Å². The van der Waals surface area contributed by atoms with E-state index in [9.17, 15) is 33.8 Å². The summed E-state index contributed by atoms with van der Waals surface area (Å²) in [6.07, 6.45) is 30.9. The number of unbranched alkanes of at least 4 members (excludes halogenated alkanes) is 22. The van der Waals surface area contributed by atoms with Gasteiger partial charge >= 0.3 is 25.5 Å². The summed E-state index contributed by atoms with van der Waals surface area (Å²) in [6.45, 7) is 9.23. The molecule has 1 aliphatic carbocycles. The van der Waals surface area contributed by atoms with Crippen LogP contribution in [0.2, 0.25) is 0 Å². The number of nitrogens with two attached hydrogens (primary N) is 2. The van der Waals surface area contributed by atoms with E-state index in [1.165, 1.54) is 103 Å². The van der Waals surface area contributed by atoms with E-state index in [1.54, 1.807) is 0 Å². The summed E-state index contributed by atoms with van der Waals surface area (Å²) in [5.41, 5.74) is 11.5. The van der Waals surface area contributed by atoms with Crippen molar-refractivity contribution in [1.82, 2.24) is 0 Å². The third-order valence-corrected chi connectivity index (χ3v) is 13.1. The number of rotatable bonds is 39. The van der Waals surface area contributed by atoms with E-state index in [-0.39, 0.29) is 64.4 Å². The maximum absolute atomic E-state index is 12.8. The van der Waals surface area contributed by atoms with Gasteiger partial charge in [-0.3, -0.25) is 18.9 Å². The number of carbonyl (C=O) groups is 3. The topological polar surface area (TPSA) is 218 Å². The molecule has 0 bridgehead atoms. The van der Waals surface area contributed by atoms with Gasteiger partial charge in [0.1, 0.15) is 12.7 Å². The number of hydrogen-bond donors (Lipinski definition) is 5. The number of esters is 3. The summed E-state index contributed by atoms with van der Waals surface area (Å²) in [6, 6.07) is 0.562. The average Bonchev–Trinajstić information content (AvgIpc) is 3.23. The zero-order chi connectivity index (χ0) is 47.9. The van der Waals surface area contributed by atoms with Gasteiger partial charge in [-0.1, -0.05) is 189 Å². The maximum atomic E-state index is 12.8. The molecule has 0 radical (unpaired) electrons. The normalized spacial score (nSPS) is 16.6. The van der Waals surface area contributed by atoms with Gasteiger partial charge in [-0.05, 0) is 43.9 Å². The van der Waals surface area contributed by atoms with Crippen LogP contribution >= 0.6 is 7.60 Å². The molecule has 0 aromatic heterocycles. The third-order valence-electron chi connectivity index (χ3n) is 12.0. The summed E-state index contributed by atoms with van der Waals surface area (Å²) in [4.78, 5) is 58.1. The molecule has 7 N–H and O–H groups in total. The molecule has 0 aliphatic heterocycles. The van der Waals surface area contributed by atoms with E-state index in [0.717, 1.165) is 70.6 Å². The van der Waals surface area contributed by atoms with Crippen molar-refractivity contribution in [3.63, 3.8) is 0 Å². The second-order valence-corrected chi connectivity index (χ2v) is 21.3. The molecule has 0 aromatic rings. The zero-order valence-electron chi connectivity index (χ0n) is 41.9. The first kappa shape index (κ1) is 66.2. The van der Waals surface area contributed by atoms with E-state index in [0.29, 0.717) is 19.3 Å². The van der Waals surface area contributed by atoms with Crippen LogP contribution in [0, 0.1) is 5.41 Å². The van der Waals surface area contributed by atoms with Gasteiger partial charge in [0, 0.05) is 52.4 Å². The van der Waals surface area contributed by atoms with Gasteiger partial charge < -0.3 is 45.3 Å². The molecule has 1 aliphatic rings. The first-order chi connectivity index (χ1) is 30.5. The molecule has 1 fully saturated rings. The molecule has 1 rings (SSSR count). The predicted molar refractivity (Wildman–Crippen MR) is 259 cm³/mol. The van der Waals surface area contributed by atoms with Crippen LogP contribution < -0.4 is 11.5 Å². The first-order valence-electron chi connectivity index (χ1n) is 25.9. The summed E-state index contributed by atoms with van der Waals surface area (Å²) in [7, 11) is -5.08. The molecular formula is C50H99N2O11PPt. The second kappa shape index (κ2) is 43.1. The monoisotopic (exact) mass is 1130 g/mol. The SMILES string of the molecule is CCCCCCCCCCCCCC(=O)OC[C@H](COC(CO)C(OC(=O)CCCCCC(C)(C)C)P(=O)(O)O)OC(=O)CCCCCCCCCCCCC.N[C@H]1CCCC[C@@H]1N.[Pt]. The van der Waals surface area contributed by atoms with Crippen LogP contribution in [0.3, 0.4) is 0 Å². The van der Waals surface area contributed by atoms with E-state index in [2.05, 4.69) is 34.6 Å². The van der Waals surface area contributed by atoms with Crippen LogP contribution in [0.5, 0.6) is 0 Å². The Hall–Kier alpha value is -0.912. The molecule has 0 heterocycles. The molecule has 0 saturated heterocycles. The van der Waals surface area contributed by atoms with Crippen LogP contribution in [0.1, 0.15) is 247 Å². The molecule has 1 saturated carbocycles. The van der Waals surface area contributed by atoms with E-state index in [1.807, 2.05) is 0 Å². The van der Waals surface area contributed by atoms with E-state index < -0.39 is 56.8 Å². The Morgan fingerprint density at radius 3 is 1.32 bits per heavy atom. The Balaban J connectivity index is 0. The molecule has 2 unspecified atom stereocenters. The maximum Gasteiger partial charge on any atom is 0.368 e. The molecule has 0 spiro atoms. The number of aliphatic hydroxyl groups is 1. The predicted octanol–water partition coefficient (Wildman–Crippen LogP) is 11.5. The fourth-order valence-corrected chi connectivity index (χ4v) is 8.66. The van der Waals surface area contributed by atoms with Crippen molar-refractivity contribution >= 4 is 25.5 Å². The standard InChI is InChI=1S/C44H85O11P.C6H14N2.Pt/c1-6-8-10-12-14-16-18-20-22-24-27-31-40(46)53-37-38(54-41(47)32-28-25-23-21-19-17-15-13-11-9-7-2)36-52-39(35-45)43(56(49,50)51)55-42(48)33-29-26-30-34-44(3,4)5;7-5-3-1-2-4-6(5)8;/h38-39,43,45H,6-37H2,1-5H3,(H2,49,50,51);5-6H,1-4,7-8H2;/t38-,39?,43?;5-,6-;/m00./s1. The molecular weight excluding hydrogens is 1030 g/mol. The molecule has 5 atom stereocenters. The van der Waals surface area contributed by atoms with Crippen LogP contribution in [0.15, 0.2) is 0 Å². The smallest absolute Gasteiger partial charge is 0.368 e. The average molecular weight is 1130 g/mol. The number of aliphatic hydroxyl groups excluding tert-OH is 1. The Bertz CT molecular complexity index is 1180. The summed E-state index contributed by atoms with van der Waals surface area (Å²) >= 11 is 0. The first-order valence-corrected chi connectivity index (χ1v) is 27.6. The zero-order valence-corrected chi connectivity index (χ0v) is 45.0. The Labute approximate surface area is 410 Å². The molecule has 0 amide bonds. The van der Waals surface area contributed by atoms with Crippen molar-refractivity contribution in [2.75, 3.05) is 19.8 Å². The van der Waals surface area contributed by atoms with Crippen molar-refractivity contribution in [2.45, 2.75) is 277 Å². The van der Waals surface area contributed by atoms with E-state index >= 15 is 0 Å². The van der Waals surface area contributed by atoms with Gasteiger partial charge in [0.05, 0.1) is 13.2 Å². The van der Waals surface area contributed by atoms with Crippen molar-refractivity contribution in [1.29, 1.82) is 0 Å². The third kappa shape index (κ3) is 41.8. The number of carbonyl (C=O) groups excluding carboxylic acids is 3. The number of hydrogen-bond acceptors (Lipinski definition) is 11. The van der Waals surface area contributed by atoms with Gasteiger partial charge in [-0.15, -0.1) is 0 Å². The summed E-state index contributed by atoms with van der Waals surface area (Å²) < 4.78 is 34.3. The fraction of sp³-hybridized carbons (Fsp3) is 0.940. The van der Waals surface area contributed by atoms with Crippen molar-refractivity contribution in [2.24, 2.45) is 16.9 Å². The van der Waals surface area contributed by atoms with Crippen LogP contribution in [0.4, 0.5) is 0 Å². The van der Waals surface area contributed by atoms with Gasteiger partial charge in [-0.25, -0.2) is 0 Å². The summed E-state index contributed by atoms with van der Waals surface area (Å²) in [5.74, 6) is -3.79. The minimum atomic E-state index is -5.08.